The lowest BCUT2D eigenvalue weighted by atomic mass is 10.3. The molecule has 0 heterocycles. The second kappa shape index (κ2) is 7.13. The van der Waals surface area contributed by atoms with Crippen molar-refractivity contribution in [1.29, 1.82) is 0 Å². The highest BCUT2D eigenvalue weighted by molar-refractivity contribution is 9.26. The van der Waals surface area contributed by atoms with Crippen LogP contribution in [0, 0.1) is 0 Å². The van der Waals surface area contributed by atoms with Crippen LogP contribution in [0.1, 0.15) is 0 Å². The van der Waals surface area contributed by atoms with Crippen molar-refractivity contribution in [2.45, 2.75) is 9.79 Å². The Labute approximate surface area is 121 Å². The molecule has 2 rings (SSSR count). The molecule has 0 fully saturated rings. The van der Waals surface area contributed by atoms with Crippen molar-refractivity contribution in [3.63, 3.8) is 0 Å². The number of para-hydroxylation sites is 2. The third-order valence-corrected chi connectivity index (χ3v) is 8.12. The van der Waals surface area contributed by atoms with Gasteiger partial charge in [-0.25, -0.2) is 0 Å². The lowest BCUT2D eigenvalue weighted by Gasteiger charge is -2.03. The summed E-state index contributed by atoms with van der Waals surface area (Å²) in [5.74, 6) is 0.589. The second-order valence-corrected chi connectivity index (χ2v) is 8.99. The van der Waals surface area contributed by atoms with Crippen LogP contribution in [-0.4, -0.2) is 10.2 Å². The summed E-state index contributed by atoms with van der Waals surface area (Å²) < 4.78 is 0. The summed E-state index contributed by atoms with van der Waals surface area (Å²) >= 11 is 0. The van der Waals surface area contributed by atoms with E-state index in [0.29, 0.717) is 11.5 Å². The summed E-state index contributed by atoms with van der Waals surface area (Å²) in [6.07, 6.45) is 0. The smallest absolute Gasteiger partial charge is 0.130 e. The van der Waals surface area contributed by atoms with E-state index in [1.165, 1.54) is 21.6 Å². The van der Waals surface area contributed by atoms with E-state index >= 15 is 0 Å². The van der Waals surface area contributed by atoms with Crippen molar-refractivity contribution < 1.29 is 10.2 Å². The molecule has 0 saturated heterocycles. The molecule has 2 N–H and O–H groups in total. The molecular weight excluding hydrogens is 304 g/mol. The van der Waals surface area contributed by atoms with Crippen LogP contribution in [0.15, 0.2) is 58.3 Å². The zero-order valence-corrected chi connectivity index (χ0v) is 12.4. The van der Waals surface area contributed by atoms with Crippen molar-refractivity contribution in [1.82, 2.24) is 0 Å². The minimum Gasteiger partial charge on any atom is -0.507 e. The monoisotopic (exact) mass is 314 g/mol. The average Bonchev–Trinajstić information content (AvgIpc) is 2.38. The van der Waals surface area contributed by atoms with E-state index < -0.39 is 0 Å². The normalized spacial score (nSPS) is 10.4. The fourth-order valence-corrected chi connectivity index (χ4v) is 6.71. The fraction of sp³-hybridized carbons (Fsp3) is 0. The Morgan fingerprint density at radius 1 is 0.611 bits per heavy atom. The van der Waals surface area contributed by atoms with Gasteiger partial charge in [-0.15, -0.1) is 0 Å². The molecule has 0 aliphatic rings. The number of aromatic hydroxyl groups is 2. The van der Waals surface area contributed by atoms with Gasteiger partial charge in [0.1, 0.15) is 11.5 Å². The molecule has 2 aromatic carbocycles. The Balaban J connectivity index is 1.80. The Morgan fingerprint density at radius 2 is 1.00 bits per heavy atom. The molecule has 0 radical (unpaired) electrons. The average molecular weight is 314 g/mol. The molecule has 0 aliphatic carbocycles. The maximum absolute atomic E-state index is 9.58. The van der Waals surface area contributed by atoms with Gasteiger partial charge in [0.15, 0.2) is 0 Å². The Hall–Kier alpha value is -0.560. The first-order chi connectivity index (χ1) is 8.77. The summed E-state index contributed by atoms with van der Waals surface area (Å²) in [6, 6.07) is 14.5. The summed E-state index contributed by atoms with van der Waals surface area (Å²) in [4.78, 5) is 1.68. The number of hydrogen-bond donors (Lipinski definition) is 2. The molecule has 18 heavy (non-hydrogen) atoms. The molecule has 6 heteroatoms. The van der Waals surface area contributed by atoms with Gasteiger partial charge in [-0.05, 0) is 65.5 Å². The molecule has 0 saturated carbocycles. The molecule has 0 aromatic heterocycles. The summed E-state index contributed by atoms with van der Waals surface area (Å²) in [7, 11) is 6.10. The molecule has 0 aliphatic heterocycles. The number of phenolic OH excluding ortho intramolecular Hbond substituents is 2. The van der Waals surface area contributed by atoms with Crippen LogP contribution in [0.2, 0.25) is 0 Å². The maximum Gasteiger partial charge on any atom is 0.130 e. The first-order valence-electron chi connectivity index (χ1n) is 5.01. The van der Waals surface area contributed by atoms with Gasteiger partial charge < -0.3 is 10.2 Å². The summed E-state index contributed by atoms with van der Waals surface area (Å²) in [5, 5.41) is 19.2. The number of benzene rings is 2. The van der Waals surface area contributed by atoms with E-state index in [4.69, 9.17) is 0 Å². The molecule has 2 nitrogen and oxygen atoms in total. The first-order valence-corrected chi connectivity index (χ1v) is 9.83. The van der Waals surface area contributed by atoms with Gasteiger partial charge in [0.25, 0.3) is 0 Å². The Kier molecular flexibility index (Phi) is 5.49. The Morgan fingerprint density at radius 3 is 1.39 bits per heavy atom. The van der Waals surface area contributed by atoms with Crippen LogP contribution >= 0.6 is 41.2 Å². The van der Waals surface area contributed by atoms with Crippen LogP contribution in [0.4, 0.5) is 0 Å². The summed E-state index contributed by atoms with van der Waals surface area (Å²) in [5.41, 5.74) is 0. The fourth-order valence-electron chi connectivity index (χ4n) is 1.16. The van der Waals surface area contributed by atoms with Gasteiger partial charge in [-0.2, -0.15) is 0 Å². The molecule has 0 atom stereocenters. The van der Waals surface area contributed by atoms with Gasteiger partial charge in [-0.3, -0.25) is 0 Å². The van der Waals surface area contributed by atoms with E-state index in [1.54, 1.807) is 43.9 Å². The van der Waals surface area contributed by atoms with E-state index in [0.717, 1.165) is 9.79 Å². The number of phenols is 2. The van der Waals surface area contributed by atoms with Gasteiger partial charge in [-0.1, -0.05) is 24.3 Å². The van der Waals surface area contributed by atoms with Gasteiger partial charge in [0.05, 0.1) is 9.79 Å². The van der Waals surface area contributed by atoms with Crippen LogP contribution in [0.3, 0.4) is 0 Å². The van der Waals surface area contributed by atoms with E-state index in [-0.39, 0.29) is 0 Å². The Bertz CT molecular complexity index is 471. The van der Waals surface area contributed by atoms with Gasteiger partial charge >= 0.3 is 0 Å². The van der Waals surface area contributed by atoms with Crippen LogP contribution in [-0.2, 0) is 0 Å². The van der Waals surface area contributed by atoms with Crippen molar-refractivity contribution in [2.75, 3.05) is 0 Å². The highest BCUT2D eigenvalue weighted by Crippen LogP contribution is 2.51. The topological polar surface area (TPSA) is 40.5 Å². The van der Waals surface area contributed by atoms with Crippen molar-refractivity contribution in [2.24, 2.45) is 0 Å². The molecule has 2 aromatic rings. The van der Waals surface area contributed by atoms with Gasteiger partial charge in [0, 0.05) is 0 Å². The van der Waals surface area contributed by atoms with Crippen molar-refractivity contribution in [3.05, 3.63) is 48.5 Å². The lowest BCUT2D eigenvalue weighted by Crippen LogP contribution is -1.69. The predicted molar refractivity (Wildman–Crippen MR) is 83.1 cm³/mol. The zero-order valence-electron chi connectivity index (χ0n) is 9.15. The first kappa shape index (κ1) is 13.9. The standard InChI is InChI=1S/C12H10O2S4/c13-9-5-1-3-7-11(9)15-17-18-16-12-8-4-2-6-10(12)14/h1-8,13-14H. The third-order valence-electron chi connectivity index (χ3n) is 2.01. The zero-order chi connectivity index (χ0) is 12.8. The van der Waals surface area contributed by atoms with E-state index in [1.807, 2.05) is 24.3 Å². The van der Waals surface area contributed by atoms with Crippen LogP contribution in [0.5, 0.6) is 11.5 Å². The summed E-state index contributed by atoms with van der Waals surface area (Å²) in [6.45, 7) is 0. The minimum absolute atomic E-state index is 0.295. The number of hydrogen-bond acceptors (Lipinski definition) is 6. The van der Waals surface area contributed by atoms with Gasteiger partial charge in [0.2, 0.25) is 0 Å². The highest BCUT2D eigenvalue weighted by atomic mass is 33.7. The molecule has 0 bridgehead atoms. The minimum atomic E-state index is 0.295. The highest BCUT2D eigenvalue weighted by Gasteiger charge is 2.04. The SMILES string of the molecule is Oc1ccccc1SSSSc1ccccc1O. The van der Waals surface area contributed by atoms with Crippen molar-refractivity contribution in [3.8, 4) is 11.5 Å². The molecular formula is C12H10O2S4. The third kappa shape index (κ3) is 3.98. The van der Waals surface area contributed by atoms with Crippen LogP contribution in [0.25, 0.3) is 0 Å². The van der Waals surface area contributed by atoms with Crippen molar-refractivity contribution >= 4 is 41.2 Å². The second-order valence-electron chi connectivity index (χ2n) is 3.24. The predicted octanol–water partition coefficient (Wildman–Crippen LogP) is 5.19. The van der Waals surface area contributed by atoms with E-state index in [2.05, 4.69) is 0 Å². The van der Waals surface area contributed by atoms with Crippen LogP contribution < -0.4 is 0 Å². The molecule has 0 amide bonds. The number of rotatable bonds is 5. The largest absolute Gasteiger partial charge is 0.507 e. The lowest BCUT2D eigenvalue weighted by molar-refractivity contribution is 0.462. The quantitative estimate of drug-likeness (QED) is 0.584. The molecule has 94 valence electrons. The maximum atomic E-state index is 9.58. The molecule has 0 unspecified atom stereocenters. The van der Waals surface area contributed by atoms with E-state index in [9.17, 15) is 10.2 Å². The molecule has 0 spiro atoms.